The highest BCUT2D eigenvalue weighted by molar-refractivity contribution is 5.37. The van der Waals surface area contributed by atoms with Gasteiger partial charge < -0.3 is 10.1 Å². The largest absolute Gasteiger partial charge is 0.439 e. The average molecular weight is 259 g/mol. The first-order chi connectivity index (χ1) is 9.24. The number of ether oxygens (including phenoxy) is 1. The Hall–Kier alpha value is -2.01. The number of nitrogens with zero attached hydrogens (tertiary/aromatic N) is 2. The van der Waals surface area contributed by atoms with E-state index in [0.717, 1.165) is 24.2 Å². The summed E-state index contributed by atoms with van der Waals surface area (Å²) in [6.45, 7) is 3.32. The number of halogens is 1. The van der Waals surface area contributed by atoms with Crippen LogP contribution in [-0.4, -0.2) is 16.5 Å². The molecular weight excluding hydrogens is 245 g/mol. The Morgan fingerprint density at radius 2 is 2.21 bits per heavy atom. The first kappa shape index (κ1) is 12.0. The molecule has 98 valence electrons. The maximum Gasteiger partial charge on any atom is 0.227 e. The SMILES string of the molecule is Cc1cc(Oc2ncnc3c2CNCC3)ccc1F. The monoisotopic (exact) mass is 259 g/mol. The minimum Gasteiger partial charge on any atom is -0.439 e. The smallest absolute Gasteiger partial charge is 0.227 e. The second kappa shape index (κ2) is 4.93. The maximum absolute atomic E-state index is 13.2. The van der Waals surface area contributed by atoms with Gasteiger partial charge in [-0.2, -0.15) is 0 Å². The zero-order valence-electron chi connectivity index (χ0n) is 10.6. The van der Waals surface area contributed by atoms with E-state index in [9.17, 15) is 4.39 Å². The highest BCUT2D eigenvalue weighted by Crippen LogP contribution is 2.27. The van der Waals surface area contributed by atoms with Gasteiger partial charge in [-0.15, -0.1) is 0 Å². The Labute approximate surface area is 110 Å². The summed E-state index contributed by atoms with van der Waals surface area (Å²) in [4.78, 5) is 8.43. The molecule has 0 atom stereocenters. The van der Waals surface area contributed by atoms with Crippen LogP contribution < -0.4 is 10.1 Å². The van der Waals surface area contributed by atoms with E-state index in [1.165, 1.54) is 12.4 Å². The summed E-state index contributed by atoms with van der Waals surface area (Å²) in [5, 5.41) is 3.27. The lowest BCUT2D eigenvalue weighted by Crippen LogP contribution is -2.25. The van der Waals surface area contributed by atoms with Gasteiger partial charge in [-0.05, 0) is 30.7 Å². The fraction of sp³-hybridized carbons (Fsp3) is 0.286. The number of hydrogen-bond acceptors (Lipinski definition) is 4. The van der Waals surface area contributed by atoms with Crippen LogP contribution in [0.15, 0.2) is 24.5 Å². The van der Waals surface area contributed by atoms with Crippen LogP contribution in [0.4, 0.5) is 4.39 Å². The van der Waals surface area contributed by atoms with E-state index in [4.69, 9.17) is 4.74 Å². The third kappa shape index (κ3) is 2.42. The molecule has 1 aromatic carbocycles. The Morgan fingerprint density at radius 1 is 1.32 bits per heavy atom. The Kier molecular flexibility index (Phi) is 3.13. The van der Waals surface area contributed by atoms with Gasteiger partial charge in [0.25, 0.3) is 0 Å². The number of hydrogen-bond donors (Lipinski definition) is 1. The van der Waals surface area contributed by atoms with Crippen molar-refractivity contribution in [2.75, 3.05) is 6.54 Å². The van der Waals surface area contributed by atoms with Crippen molar-refractivity contribution in [1.82, 2.24) is 15.3 Å². The van der Waals surface area contributed by atoms with Crippen molar-refractivity contribution in [2.45, 2.75) is 19.9 Å². The van der Waals surface area contributed by atoms with Gasteiger partial charge in [0.1, 0.15) is 17.9 Å². The average Bonchev–Trinajstić information content (AvgIpc) is 2.43. The van der Waals surface area contributed by atoms with E-state index >= 15 is 0 Å². The van der Waals surface area contributed by atoms with Gasteiger partial charge in [0.2, 0.25) is 5.88 Å². The molecule has 0 unspecified atom stereocenters. The summed E-state index contributed by atoms with van der Waals surface area (Å²) in [7, 11) is 0. The molecule has 1 aliphatic rings. The van der Waals surface area contributed by atoms with Crippen LogP contribution in [0.25, 0.3) is 0 Å². The Bertz CT molecular complexity index is 616. The molecule has 0 saturated heterocycles. The van der Waals surface area contributed by atoms with Gasteiger partial charge in [0.05, 0.1) is 11.3 Å². The summed E-state index contributed by atoms with van der Waals surface area (Å²) in [5.41, 5.74) is 2.55. The quantitative estimate of drug-likeness (QED) is 0.899. The van der Waals surface area contributed by atoms with Crippen LogP contribution in [0.5, 0.6) is 11.6 Å². The number of aryl methyl sites for hydroxylation is 1. The number of aromatic nitrogens is 2. The molecule has 1 aromatic heterocycles. The van der Waals surface area contributed by atoms with E-state index in [-0.39, 0.29) is 5.82 Å². The molecule has 5 heteroatoms. The van der Waals surface area contributed by atoms with Crippen molar-refractivity contribution in [2.24, 2.45) is 0 Å². The molecular formula is C14H14FN3O. The van der Waals surface area contributed by atoms with Crippen molar-refractivity contribution in [1.29, 1.82) is 0 Å². The number of nitrogens with one attached hydrogen (secondary N) is 1. The first-order valence-corrected chi connectivity index (χ1v) is 6.21. The van der Waals surface area contributed by atoms with Gasteiger partial charge in [-0.1, -0.05) is 0 Å². The molecule has 1 aliphatic heterocycles. The van der Waals surface area contributed by atoms with Crippen molar-refractivity contribution >= 4 is 0 Å². The minimum atomic E-state index is -0.237. The molecule has 4 nitrogen and oxygen atoms in total. The number of rotatable bonds is 2. The zero-order valence-corrected chi connectivity index (χ0v) is 10.6. The Balaban J connectivity index is 1.92. The van der Waals surface area contributed by atoms with Gasteiger partial charge in [0.15, 0.2) is 0 Å². The van der Waals surface area contributed by atoms with Crippen LogP contribution in [0.1, 0.15) is 16.8 Å². The van der Waals surface area contributed by atoms with Crippen molar-refractivity contribution in [3.63, 3.8) is 0 Å². The van der Waals surface area contributed by atoms with Gasteiger partial charge in [0, 0.05) is 19.5 Å². The molecule has 2 aromatic rings. The summed E-state index contributed by atoms with van der Waals surface area (Å²) >= 11 is 0. The lowest BCUT2D eigenvalue weighted by atomic mass is 10.1. The molecule has 0 bridgehead atoms. The lowest BCUT2D eigenvalue weighted by Gasteiger charge is -2.18. The summed E-state index contributed by atoms with van der Waals surface area (Å²) in [6.07, 6.45) is 2.38. The van der Waals surface area contributed by atoms with E-state index < -0.39 is 0 Å². The topological polar surface area (TPSA) is 47.0 Å². The summed E-state index contributed by atoms with van der Waals surface area (Å²) in [6, 6.07) is 4.67. The van der Waals surface area contributed by atoms with Crippen molar-refractivity contribution < 1.29 is 9.13 Å². The van der Waals surface area contributed by atoms with E-state index in [0.29, 0.717) is 23.7 Å². The lowest BCUT2D eigenvalue weighted by molar-refractivity contribution is 0.442. The standard InChI is InChI=1S/C14H14FN3O/c1-9-6-10(2-3-12(9)15)19-14-11-7-16-5-4-13(11)17-8-18-14/h2-3,6,8,16H,4-5,7H2,1H3. The van der Waals surface area contributed by atoms with Crippen LogP contribution in [-0.2, 0) is 13.0 Å². The van der Waals surface area contributed by atoms with Gasteiger partial charge in [-0.25, -0.2) is 14.4 Å². The molecule has 0 fully saturated rings. The fourth-order valence-corrected chi connectivity index (χ4v) is 2.12. The van der Waals surface area contributed by atoms with Crippen LogP contribution in [0, 0.1) is 12.7 Å². The molecule has 0 spiro atoms. The van der Waals surface area contributed by atoms with E-state index in [1.807, 2.05) is 0 Å². The van der Waals surface area contributed by atoms with Crippen LogP contribution in [0.3, 0.4) is 0 Å². The van der Waals surface area contributed by atoms with Crippen LogP contribution >= 0.6 is 0 Å². The van der Waals surface area contributed by atoms with Crippen molar-refractivity contribution in [3.05, 3.63) is 47.2 Å². The van der Waals surface area contributed by atoms with Crippen molar-refractivity contribution in [3.8, 4) is 11.6 Å². The third-order valence-electron chi connectivity index (χ3n) is 3.18. The molecule has 0 saturated carbocycles. The second-order valence-corrected chi connectivity index (χ2v) is 4.54. The maximum atomic E-state index is 13.2. The highest BCUT2D eigenvalue weighted by Gasteiger charge is 2.16. The Morgan fingerprint density at radius 3 is 3.05 bits per heavy atom. The van der Waals surface area contributed by atoms with E-state index in [1.54, 1.807) is 19.1 Å². The molecule has 0 aliphatic carbocycles. The zero-order chi connectivity index (χ0) is 13.2. The number of benzene rings is 1. The predicted molar refractivity (Wildman–Crippen MR) is 68.7 cm³/mol. The molecule has 0 radical (unpaired) electrons. The summed E-state index contributed by atoms with van der Waals surface area (Å²) < 4.78 is 19.0. The third-order valence-corrected chi connectivity index (χ3v) is 3.18. The fourth-order valence-electron chi connectivity index (χ4n) is 2.12. The number of fused-ring (bicyclic) bond motifs is 1. The molecule has 2 heterocycles. The highest BCUT2D eigenvalue weighted by atomic mass is 19.1. The normalized spacial score (nSPS) is 14.0. The molecule has 19 heavy (non-hydrogen) atoms. The molecule has 1 N–H and O–H groups in total. The first-order valence-electron chi connectivity index (χ1n) is 6.21. The van der Waals surface area contributed by atoms with Crippen LogP contribution in [0.2, 0.25) is 0 Å². The second-order valence-electron chi connectivity index (χ2n) is 4.54. The van der Waals surface area contributed by atoms with Gasteiger partial charge in [-0.3, -0.25) is 0 Å². The predicted octanol–water partition coefficient (Wildman–Crippen LogP) is 2.36. The summed E-state index contributed by atoms with van der Waals surface area (Å²) in [5.74, 6) is 0.896. The molecule has 0 amide bonds. The molecule has 3 rings (SSSR count). The minimum absolute atomic E-state index is 0.237. The van der Waals surface area contributed by atoms with E-state index in [2.05, 4.69) is 15.3 Å². The van der Waals surface area contributed by atoms with Gasteiger partial charge >= 0.3 is 0 Å².